The minimum absolute atomic E-state index is 0.0646. The van der Waals surface area contributed by atoms with Crippen LogP contribution >= 0.6 is 0 Å². The first-order valence-corrected chi connectivity index (χ1v) is 5.54. The largest absolute Gasteiger partial charge is 0.323 e. The normalized spacial score (nSPS) is 24.3. The van der Waals surface area contributed by atoms with Gasteiger partial charge in [0.05, 0.1) is 23.5 Å². The maximum Gasteiger partial charge on any atom is 0.232 e. The van der Waals surface area contributed by atoms with Crippen LogP contribution in [0.1, 0.15) is 19.8 Å². The molecule has 2 N–H and O–H groups in total. The van der Waals surface area contributed by atoms with Crippen LogP contribution in [0.15, 0.2) is 18.7 Å². The van der Waals surface area contributed by atoms with Crippen molar-refractivity contribution in [3.8, 4) is 0 Å². The highest BCUT2D eigenvalue weighted by atomic mass is 16.2. The first kappa shape index (κ1) is 11.0. The van der Waals surface area contributed by atoms with E-state index in [1.165, 1.54) is 6.33 Å². The van der Waals surface area contributed by atoms with E-state index in [1.54, 1.807) is 12.4 Å². The maximum atomic E-state index is 12.2. The summed E-state index contributed by atoms with van der Waals surface area (Å²) in [6.07, 6.45) is 6.40. The number of nitrogens with one attached hydrogen (secondary N) is 2. The fourth-order valence-corrected chi connectivity index (χ4v) is 2.03. The minimum Gasteiger partial charge on any atom is -0.323 e. The average molecular weight is 220 g/mol. The van der Waals surface area contributed by atoms with Crippen molar-refractivity contribution < 1.29 is 4.79 Å². The molecule has 0 bridgehead atoms. The second kappa shape index (κ2) is 4.57. The van der Waals surface area contributed by atoms with Crippen LogP contribution in [0.4, 0.5) is 5.69 Å². The van der Waals surface area contributed by atoms with Gasteiger partial charge in [0.1, 0.15) is 6.33 Å². The molecule has 1 saturated heterocycles. The molecule has 2 heterocycles. The Morgan fingerprint density at radius 2 is 2.31 bits per heavy atom. The van der Waals surface area contributed by atoms with Gasteiger partial charge >= 0.3 is 0 Å². The predicted molar refractivity (Wildman–Crippen MR) is 60.9 cm³/mol. The molecule has 1 aliphatic heterocycles. The summed E-state index contributed by atoms with van der Waals surface area (Å²) < 4.78 is 0. The van der Waals surface area contributed by atoms with Crippen molar-refractivity contribution in [2.24, 2.45) is 5.41 Å². The van der Waals surface area contributed by atoms with E-state index in [-0.39, 0.29) is 11.3 Å². The van der Waals surface area contributed by atoms with Gasteiger partial charge in [0.15, 0.2) is 0 Å². The third-order valence-corrected chi connectivity index (χ3v) is 3.22. The molecule has 0 aromatic carbocycles. The molecule has 1 aromatic rings. The average Bonchev–Trinajstić information content (AvgIpc) is 2.80. The van der Waals surface area contributed by atoms with Gasteiger partial charge in [0.25, 0.3) is 0 Å². The summed E-state index contributed by atoms with van der Waals surface area (Å²) in [6, 6.07) is 0. The summed E-state index contributed by atoms with van der Waals surface area (Å²) >= 11 is 0. The van der Waals surface area contributed by atoms with Gasteiger partial charge in [-0.2, -0.15) is 0 Å². The van der Waals surface area contributed by atoms with Crippen molar-refractivity contribution in [2.45, 2.75) is 19.8 Å². The van der Waals surface area contributed by atoms with E-state index in [1.807, 2.05) is 6.92 Å². The molecule has 2 rings (SSSR count). The molecule has 5 heteroatoms. The third-order valence-electron chi connectivity index (χ3n) is 3.22. The van der Waals surface area contributed by atoms with E-state index < -0.39 is 0 Å². The lowest BCUT2D eigenvalue weighted by Gasteiger charge is -2.24. The number of amides is 1. The third kappa shape index (κ3) is 2.04. The number of carbonyl (C=O) groups excluding carboxylic acids is 1. The Bertz CT molecular complexity index is 360. The van der Waals surface area contributed by atoms with Crippen LogP contribution in [-0.4, -0.2) is 29.0 Å². The summed E-state index contributed by atoms with van der Waals surface area (Å²) in [6.45, 7) is 3.71. The van der Waals surface area contributed by atoms with Crippen molar-refractivity contribution in [1.82, 2.24) is 15.3 Å². The molecule has 0 spiro atoms. The van der Waals surface area contributed by atoms with E-state index in [0.29, 0.717) is 5.69 Å². The number of hydrogen-bond acceptors (Lipinski definition) is 4. The number of rotatable bonds is 3. The Morgan fingerprint density at radius 3 is 2.88 bits per heavy atom. The molecule has 1 fully saturated rings. The van der Waals surface area contributed by atoms with E-state index in [9.17, 15) is 4.79 Å². The van der Waals surface area contributed by atoms with Crippen LogP contribution in [0, 0.1) is 5.41 Å². The smallest absolute Gasteiger partial charge is 0.232 e. The zero-order chi connectivity index (χ0) is 11.4. The lowest BCUT2D eigenvalue weighted by molar-refractivity contribution is -0.124. The Morgan fingerprint density at radius 1 is 1.56 bits per heavy atom. The van der Waals surface area contributed by atoms with Crippen LogP contribution in [0.5, 0.6) is 0 Å². The van der Waals surface area contributed by atoms with E-state index >= 15 is 0 Å². The summed E-state index contributed by atoms with van der Waals surface area (Å²) in [5, 5.41) is 6.11. The molecular formula is C11H16N4O. The molecule has 5 nitrogen and oxygen atoms in total. The Kier molecular flexibility index (Phi) is 3.14. The first-order valence-electron chi connectivity index (χ1n) is 5.54. The topological polar surface area (TPSA) is 66.9 Å². The second-order valence-electron chi connectivity index (χ2n) is 4.14. The molecule has 1 amide bonds. The number of aromatic nitrogens is 2. The van der Waals surface area contributed by atoms with Crippen molar-refractivity contribution in [3.05, 3.63) is 18.7 Å². The zero-order valence-corrected chi connectivity index (χ0v) is 9.36. The van der Waals surface area contributed by atoms with Crippen molar-refractivity contribution >= 4 is 11.6 Å². The van der Waals surface area contributed by atoms with E-state index in [0.717, 1.165) is 25.9 Å². The van der Waals surface area contributed by atoms with Gasteiger partial charge < -0.3 is 10.6 Å². The Hall–Kier alpha value is -1.49. The molecule has 0 radical (unpaired) electrons. The summed E-state index contributed by atoms with van der Waals surface area (Å²) in [4.78, 5) is 19.9. The lowest BCUT2D eigenvalue weighted by Crippen LogP contribution is -2.37. The maximum absolute atomic E-state index is 12.2. The zero-order valence-electron chi connectivity index (χ0n) is 9.36. The lowest BCUT2D eigenvalue weighted by atomic mass is 9.83. The number of carbonyl (C=O) groups is 1. The molecule has 0 aliphatic carbocycles. The first-order chi connectivity index (χ1) is 7.77. The van der Waals surface area contributed by atoms with Gasteiger partial charge in [0, 0.05) is 6.54 Å². The fourth-order valence-electron chi connectivity index (χ4n) is 2.03. The number of hydrogen-bond donors (Lipinski definition) is 2. The highest BCUT2D eigenvalue weighted by molar-refractivity contribution is 5.95. The van der Waals surface area contributed by atoms with Crippen molar-refractivity contribution in [1.29, 1.82) is 0 Å². The van der Waals surface area contributed by atoms with Crippen LogP contribution in [0.25, 0.3) is 0 Å². The molecule has 1 aromatic heterocycles. The Balaban J connectivity index is 2.07. The van der Waals surface area contributed by atoms with Crippen molar-refractivity contribution in [2.75, 3.05) is 18.4 Å². The molecule has 1 atom stereocenters. The van der Waals surface area contributed by atoms with Gasteiger partial charge in [-0.1, -0.05) is 6.92 Å². The molecule has 1 unspecified atom stereocenters. The Labute approximate surface area is 94.7 Å². The van der Waals surface area contributed by atoms with Gasteiger partial charge in [-0.3, -0.25) is 4.79 Å². The highest BCUT2D eigenvalue weighted by Crippen LogP contribution is 2.30. The predicted octanol–water partition coefficient (Wildman–Crippen LogP) is 0.805. The quantitative estimate of drug-likeness (QED) is 0.791. The van der Waals surface area contributed by atoms with Crippen molar-refractivity contribution in [3.63, 3.8) is 0 Å². The summed E-state index contributed by atoms with van der Waals surface area (Å²) in [5.74, 6) is 0.0646. The van der Waals surface area contributed by atoms with Crippen LogP contribution in [-0.2, 0) is 4.79 Å². The van der Waals surface area contributed by atoms with E-state index in [2.05, 4.69) is 20.6 Å². The molecule has 0 saturated carbocycles. The van der Waals surface area contributed by atoms with Crippen LogP contribution in [0.3, 0.4) is 0 Å². The fraction of sp³-hybridized carbons (Fsp3) is 0.545. The van der Waals surface area contributed by atoms with Gasteiger partial charge in [-0.05, 0) is 19.4 Å². The second-order valence-corrected chi connectivity index (χ2v) is 4.14. The van der Waals surface area contributed by atoms with Crippen LogP contribution < -0.4 is 10.6 Å². The molecular weight excluding hydrogens is 204 g/mol. The molecule has 16 heavy (non-hydrogen) atoms. The summed E-state index contributed by atoms with van der Waals surface area (Å²) in [7, 11) is 0. The standard InChI is InChI=1S/C11H16N4O/c1-2-11(3-4-12-7-11)10(16)15-9-5-13-8-14-6-9/h5-6,8,12H,2-4,7H2,1H3,(H,15,16). The van der Waals surface area contributed by atoms with Gasteiger partial charge in [0.2, 0.25) is 5.91 Å². The number of nitrogens with zero attached hydrogens (tertiary/aromatic N) is 2. The minimum atomic E-state index is -0.268. The summed E-state index contributed by atoms with van der Waals surface area (Å²) in [5.41, 5.74) is 0.391. The monoisotopic (exact) mass is 220 g/mol. The number of anilines is 1. The molecule has 1 aliphatic rings. The van der Waals surface area contributed by atoms with Crippen LogP contribution in [0.2, 0.25) is 0 Å². The highest BCUT2D eigenvalue weighted by Gasteiger charge is 2.39. The van der Waals surface area contributed by atoms with Gasteiger partial charge in [-0.15, -0.1) is 0 Å². The SMILES string of the molecule is CCC1(C(=O)Nc2cncnc2)CCNC1. The molecule has 86 valence electrons. The van der Waals surface area contributed by atoms with Gasteiger partial charge in [-0.25, -0.2) is 9.97 Å². The van der Waals surface area contributed by atoms with E-state index in [4.69, 9.17) is 0 Å².